The third-order valence-corrected chi connectivity index (χ3v) is 5.35. The minimum absolute atomic E-state index is 0.0984. The number of carbonyl (C=O) groups is 1. The largest absolute Gasteiger partial charge is 0.467 e. The van der Waals surface area contributed by atoms with E-state index < -0.39 is 0 Å². The highest BCUT2D eigenvalue weighted by molar-refractivity contribution is 6.36. The third-order valence-electron chi connectivity index (χ3n) is 4.80. The van der Waals surface area contributed by atoms with Crippen LogP contribution in [0.3, 0.4) is 0 Å². The van der Waals surface area contributed by atoms with Crippen molar-refractivity contribution in [1.82, 2.24) is 5.32 Å². The van der Waals surface area contributed by atoms with Gasteiger partial charge in [-0.25, -0.2) is 0 Å². The van der Waals surface area contributed by atoms with E-state index in [4.69, 9.17) is 27.6 Å². The molecule has 1 atom stereocenters. The zero-order chi connectivity index (χ0) is 18.8. The van der Waals surface area contributed by atoms with Crippen molar-refractivity contribution in [2.45, 2.75) is 12.5 Å². The second-order valence-electron chi connectivity index (χ2n) is 6.44. The van der Waals surface area contributed by atoms with Gasteiger partial charge in [-0.2, -0.15) is 0 Å². The highest BCUT2D eigenvalue weighted by Gasteiger charge is 2.29. The minimum Gasteiger partial charge on any atom is -0.467 e. The lowest BCUT2D eigenvalue weighted by molar-refractivity contribution is 0.0950. The molecule has 6 heteroatoms. The van der Waals surface area contributed by atoms with Gasteiger partial charge in [-0.15, -0.1) is 0 Å². The summed E-state index contributed by atoms with van der Waals surface area (Å²) in [7, 11) is 0. The third kappa shape index (κ3) is 3.68. The summed E-state index contributed by atoms with van der Waals surface area (Å²) in [5.74, 6) is 0.579. The van der Waals surface area contributed by atoms with E-state index in [9.17, 15) is 4.79 Å². The van der Waals surface area contributed by atoms with E-state index >= 15 is 0 Å². The molecular weight excluding hydrogens is 383 g/mol. The van der Waals surface area contributed by atoms with Gasteiger partial charge in [0.2, 0.25) is 0 Å². The van der Waals surface area contributed by atoms with Crippen LogP contribution in [0, 0.1) is 0 Å². The normalized spacial score (nSPS) is 14.1. The molecule has 3 aromatic rings. The van der Waals surface area contributed by atoms with Gasteiger partial charge in [-0.05, 0) is 48.4 Å². The van der Waals surface area contributed by atoms with Crippen LogP contribution in [0.5, 0.6) is 0 Å². The zero-order valence-electron chi connectivity index (χ0n) is 14.5. The molecule has 0 spiro atoms. The van der Waals surface area contributed by atoms with Crippen molar-refractivity contribution < 1.29 is 9.21 Å². The number of nitrogens with one attached hydrogen (secondary N) is 1. The highest BCUT2D eigenvalue weighted by atomic mass is 35.5. The number of anilines is 1. The first-order valence-electron chi connectivity index (χ1n) is 8.74. The molecule has 0 aliphatic carbocycles. The Kier molecular flexibility index (Phi) is 5.10. The van der Waals surface area contributed by atoms with Crippen LogP contribution in [0.2, 0.25) is 10.0 Å². The number of amides is 1. The Labute approximate surface area is 167 Å². The SMILES string of the molecule is O=C(NC[C@@H](c1ccco1)N1CCc2ccccc21)c1ccc(Cl)cc1Cl. The summed E-state index contributed by atoms with van der Waals surface area (Å²) in [6.07, 6.45) is 2.63. The van der Waals surface area contributed by atoms with Crippen molar-refractivity contribution >= 4 is 34.8 Å². The molecule has 1 aliphatic heterocycles. The smallest absolute Gasteiger partial charge is 0.252 e. The van der Waals surface area contributed by atoms with Crippen LogP contribution in [-0.4, -0.2) is 19.0 Å². The summed E-state index contributed by atoms with van der Waals surface area (Å²) in [5, 5.41) is 3.82. The number of carbonyl (C=O) groups excluding carboxylic acids is 1. The summed E-state index contributed by atoms with van der Waals surface area (Å²) in [4.78, 5) is 14.9. The van der Waals surface area contributed by atoms with Crippen LogP contribution in [0.1, 0.15) is 27.7 Å². The van der Waals surface area contributed by atoms with Gasteiger partial charge in [0.05, 0.1) is 16.8 Å². The molecule has 2 heterocycles. The predicted octanol–water partition coefficient (Wildman–Crippen LogP) is 5.12. The molecule has 27 heavy (non-hydrogen) atoms. The van der Waals surface area contributed by atoms with E-state index in [1.807, 2.05) is 18.2 Å². The highest BCUT2D eigenvalue weighted by Crippen LogP contribution is 2.35. The molecule has 0 saturated carbocycles. The zero-order valence-corrected chi connectivity index (χ0v) is 16.0. The van der Waals surface area contributed by atoms with Crippen molar-refractivity contribution in [3.63, 3.8) is 0 Å². The second-order valence-corrected chi connectivity index (χ2v) is 7.28. The van der Waals surface area contributed by atoms with E-state index in [1.54, 1.807) is 24.5 Å². The molecule has 4 rings (SSSR count). The van der Waals surface area contributed by atoms with Crippen molar-refractivity contribution in [3.8, 4) is 0 Å². The Morgan fingerprint density at radius 2 is 2.00 bits per heavy atom. The number of rotatable bonds is 5. The molecule has 1 N–H and O–H groups in total. The Morgan fingerprint density at radius 3 is 2.78 bits per heavy atom. The van der Waals surface area contributed by atoms with Crippen molar-refractivity contribution in [2.75, 3.05) is 18.0 Å². The van der Waals surface area contributed by atoms with Gasteiger partial charge < -0.3 is 14.6 Å². The molecule has 0 fully saturated rings. The molecule has 138 valence electrons. The maximum absolute atomic E-state index is 12.6. The topological polar surface area (TPSA) is 45.5 Å². The van der Waals surface area contributed by atoms with E-state index in [-0.39, 0.29) is 11.9 Å². The molecular formula is C21H18Cl2N2O2. The van der Waals surface area contributed by atoms with Crippen LogP contribution >= 0.6 is 23.2 Å². The number of para-hydroxylation sites is 1. The van der Waals surface area contributed by atoms with Gasteiger partial charge in [0.25, 0.3) is 5.91 Å². The van der Waals surface area contributed by atoms with Crippen LogP contribution in [-0.2, 0) is 6.42 Å². The number of halogens is 2. The molecule has 4 nitrogen and oxygen atoms in total. The minimum atomic E-state index is -0.235. The number of hydrogen-bond acceptors (Lipinski definition) is 3. The number of hydrogen-bond donors (Lipinski definition) is 1. The maximum atomic E-state index is 12.6. The lowest BCUT2D eigenvalue weighted by Crippen LogP contribution is -2.37. The van der Waals surface area contributed by atoms with Crippen molar-refractivity contribution in [1.29, 1.82) is 0 Å². The standard InChI is InChI=1S/C21H18Cl2N2O2/c22-15-7-8-16(17(23)12-15)21(26)24-13-19(20-6-3-11-27-20)25-10-9-14-4-1-2-5-18(14)25/h1-8,11-12,19H,9-10,13H2,(H,24,26)/t19-/m0/s1. The molecule has 1 amide bonds. The van der Waals surface area contributed by atoms with Gasteiger partial charge in [-0.1, -0.05) is 41.4 Å². The Hall–Kier alpha value is -2.43. The Morgan fingerprint density at radius 1 is 1.15 bits per heavy atom. The molecule has 0 saturated heterocycles. The second kappa shape index (κ2) is 7.67. The first-order chi connectivity index (χ1) is 13.1. The fourth-order valence-corrected chi connectivity index (χ4v) is 3.99. The van der Waals surface area contributed by atoms with Crippen LogP contribution < -0.4 is 10.2 Å². The van der Waals surface area contributed by atoms with E-state index in [0.29, 0.717) is 22.2 Å². The number of benzene rings is 2. The number of furan rings is 1. The van der Waals surface area contributed by atoms with Gasteiger partial charge in [-0.3, -0.25) is 4.79 Å². The number of fused-ring (bicyclic) bond motifs is 1. The summed E-state index contributed by atoms with van der Waals surface area (Å²) in [6.45, 7) is 1.28. The maximum Gasteiger partial charge on any atom is 0.252 e. The van der Waals surface area contributed by atoms with Gasteiger partial charge in [0.15, 0.2) is 0 Å². The lowest BCUT2D eigenvalue weighted by Gasteiger charge is -2.29. The summed E-state index contributed by atoms with van der Waals surface area (Å²) < 4.78 is 5.66. The molecule has 1 aromatic heterocycles. The van der Waals surface area contributed by atoms with Gasteiger partial charge in [0.1, 0.15) is 11.8 Å². The first kappa shape index (κ1) is 18.0. The monoisotopic (exact) mass is 400 g/mol. The molecule has 0 radical (unpaired) electrons. The van der Waals surface area contributed by atoms with Crippen LogP contribution in [0.15, 0.2) is 65.3 Å². The van der Waals surface area contributed by atoms with E-state index in [1.165, 1.54) is 11.3 Å². The average molecular weight is 401 g/mol. The number of nitrogens with zero attached hydrogens (tertiary/aromatic N) is 1. The van der Waals surface area contributed by atoms with Crippen LogP contribution in [0.25, 0.3) is 0 Å². The van der Waals surface area contributed by atoms with E-state index in [2.05, 4.69) is 28.4 Å². The molecule has 1 aliphatic rings. The summed E-state index contributed by atoms with van der Waals surface area (Å²) >= 11 is 12.1. The first-order valence-corrected chi connectivity index (χ1v) is 9.50. The predicted molar refractivity (Wildman–Crippen MR) is 108 cm³/mol. The molecule has 2 aromatic carbocycles. The molecule has 0 bridgehead atoms. The van der Waals surface area contributed by atoms with Crippen molar-refractivity contribution in [2.24, 2.45) is 0 Å². The van der Waals surface area contributed by atoms with Crippen molar-refractivity contribution in [3.05, 3.63) is 87.8 Å². The van der Waals surface area contributed by atoms with Gasteiger partial charge in [0, 0.05) is 23.8 Å². The summed E-state index contributed by atoms with van der Waals surface area (Å²) in [5.41, 5.74) is 2.89. The summed E-state index contributed by atoms with van der Waals surface area (Å²) in [6, 6.07) is 16.9. The van der Waals surface area contributed by atoms with Crippen LogP contribution in [0.4, 0.5) is 5.69 Å². The lowest BCUT2D eigenvalue weighted by atomic mass is 10.1. The van der Waals surface area contributed by atoms with E-state index in [0.717, 1.165) is 18.7 Å². The molecule has 0 unspecified atom stereocenters. The Bertz CT molecular complexity index is 957. The quantitative estimate of drug-likeness (QED) is 0.646. The fourth-order valence-electron chi connectivity index (χ4n) is 3.49. The average Bonchev–Trinajstić information content (AvgIpc) is 3.32. The van der Waals surface area contributed by atoms with Gasteiger partial charge >= 0.3 is 0 Å². The fraction of sp³-hybridized carbons (Fsp3) is 0.190. The Balaban J connectivity index is 1.56.